The van der Waals surface area contributed by atoms with Crippen molar-refractivity contribution in [3.63, 3.8) is 0 Å². The predicted octanol–water partition coefficient (Wildman–Crippen LogP) is 1.08. The maximum absolute atomic E-state index is 11.8. The van der Waals surface area contributed by atoms with Crippen LogP contribution in [0, 0.1) is 0 Å². The summed E-state index contributed by atoms with van der Waals surface area (Å²) in [6, 6.07) is 8.31. The lowest BCUT2D eigenvalue weighted by atomic mass is 10.2. The molecular weight excluding hydrogens is 232 g/mol. The first-order valence-electron chi connectivity index (χ1n) is 5.39. The molecule has 0 radical (unpaired) electrons. The molecule has 0 fully saturated rings. The smallest absolute Gasteiger partial charge is 0.338 e. The molecule has 0 atom stereocenters. The minimum Gasteiger partial charge on any atom is -0.465 e. The molecule has 0 spiro atoms. The van der Waals surface area contributed by atoms with Gasteiger partial charge in [-0.3, -0.25) is 9.78 Å². The number of carbonyl (C=O) groups excluding carboxylic acids is 1. The van der Waals surface area contributed by atoms with E-state index in [2.05, 4.69) is 9.72 Å². The third kappa shape index (κ3) is 2.63. The Kier molecular flexibility index (Phi) is 3.52. The molecule has 0 unspecified atom stereocenters. The van der Waals surface area contributed by atoms with E-state index in [1.54, 1.807) is 18.5 Å². The van der Waals surface area contributed by atoms with Crippen LogP contribution in [-0.4, -0.2) is 22.6 Å². The van der Waals surface area contributed by atoms with Crippen LogP contribution in [0.25, 0.3) is 0 Å². The lowest BCUT2D eigenvalue weighted by Crippen LogP contribution is -2.21. The van der Waals surface area contributed by atoms with Crippen molar-refractivity contribution < 1.29 is 9.53 Å². The summed E-state index contributed by atoms with van der Waals surface area (Å²) < 4.78 is 6.03. The van der Waals surface area contributed by atoms with Crippen LogP contribution in [0.4, 0.5) is 0 Å². The highest BCUT2D eigenvalue weighted by molar-refractivity contribution is 5.88. The summed E-state index contributed by atoms with van der Waals surface area (Å²) >= 11 is 0. The fourth-order valence-electron chi connectivity index (χ4n) is 1.55. The van der Waals surface area contributed by atoms with Gasteiger partial charge in [-0.05, 0) is 18.2 Å². The van der Waals surface area contributed by atoms with Crippen LogP contribution in [0.3, 0.4) is 0 Å². The molecule has 5 nitrogen and oxygen atoms in total. The number of ether oxygens (including phenoxy) is 1. The summed E-state index contributed by atoms with van der Waals surface area (Å²) in [6.45, 7) is 0.376. The Morgan fingerprint density at radius 2 is 2.22 bits per heavy atom. The summed E-state index contributed by atoms with van der Waals surface area (Å²) in [6.07, 6.45) is 3.23. The zero-order chi connectivity index (χ0) is 13.0. The summed E-state index contributed by atoms with van der Waals surface area (Å²) in [5, 5.41) is 0. The van der Waals surface area contributed by atoms with Crippen LogP contribution in [0.2, 0.25) is 0 Å². The fourth-order valence-corrected chi connectivity index (χ4v) is 1.55. The molecule has 92 valence electrons. The quantitative estimate of drug-likeness (QED) is 0.758. The summed E-state index contributed by atoms with van der Waals surface area (Å²) in [5.74, 6) is -0.517. The normalized spacial score (nSPS) is 10.1. The van der Waals surface area contributed by atoms with E-state index in [0.29, 0.717) is 6.54 Å². The SMILES string of the molecule is COC(=O)c1ccn(Cc2ccccn2)c(=O)c1. The van der Waals surface area contributed by atoms with E-state index in [1.807, 2.05) is 18.2 Å². The van der Waals surface area contributed by atoms with E-state index in [9.17, 15) is 9.59 Å². The largest absolute Gasteiger partial charge is 0.465 e. The summed E-state index contributed by atoms with van der Waals surface area (Å²) in [5.41, 5.74) is 0.772. The molecule has 0 amide bonds. The van der Waals surface area contributed by atoms with Crippen molar-refractivity contribution in [3.05, 3.63) is 64.3 Å². The topological polar surface area (TPSA) is 61.2 Å². The van der Waals surface area contributed by atoms with E-state index in [-0.39, 0.29) is 11.1 Å². The number of carbonyl (C=O) groups is 1. The van der Waals surface area contributed by atoms with Gasteiger partial charge in [-0.1, -0.05) is 6.07 Å². The lowest BCUT2D eigenvalue weighted by molar-refractivity contribution is 0.0600. The van der Waals surface area contributed by atoms with Crippen LogP contribution in [0.1, 0.15) is 16.1 Å². The van der Waals surface area contributed by atoms with Crippen LogP contribution < -0.4 is 5.56 Å². The third-order valence-electron chi connectivity index (χ3n) is 2.48. The van der Waals surface area contributed by atoms with Gasteiger partial charge in [0.1, 0.15) is 0 Å². The Bertz CT molecular complexity index is 605. The first-order valence-corrected chi connectivity index (χ1v) is 5.39. The average molecular weight is 244 g/mol. The standard InChI is InChI=1S/C13H12N2O3/c1-18-13(17)10-5-7-15(12(16)8-10)9-11-4-2-3-6-14-11/h2-8H,9H2,1H3. The minimum atomic E-state index is -0.517. The zero-order valence-corrected chi connectivity index (χ0v) is 9.87. The van der Waals surface area contributed by atoms with Crippen molar-refractivity contribution in [2.24, 2.45) is 0 Å². The molecule has 0 aliphatic carbocycles. The second-order valence-corrected chi connectivity index (χ2v) is 3.69. The van der Waals surface area contributed by atoms with Gasteiger partial charge in [-0.15, -0.1) is 0 Å². The molecule has 5 heteroatoms. The Hall–Kier alpha value is -2.43. The Morgan fingerprint density at radius 1 is 1.39 bits per heavy atom. The van der Waals surface area contributed by atoms with Crippen molar-refractivity contribution in [2.75, 3.05) is 7.11 Å². The fraction of sp³-hybridized carbons (Fsp3) is 0.154. The van der Waals surface area contributed by atoms with E-state index in [1.165, 1.54) is 17.7 Å². The number of hydrogen-bond donors (Lipinski definition) is 0. The number of rotatable bonds is 3. The van der Waals surface area contributed by atoms with Gasteiger partial charge in [-0.25, -0.2) is 4.79 Å². The predicted molar refractivity (Wildman–Crippen MR) is 65.4 cm³/mol. The van der Waals surface area contributed by atoms with Crippen molar-refractivity contribution in [1.29, 1.82) is 0 Å². The molecule has 2 heterocycles. The Balaban J connectivity index is 2.26. The molecule has 0 N–H and O–H groups in total. The van der Waals surface area contributed by atoms with E-state index in [0.717, 1.165) is 5.69 Å². The first-order chi connectivity index (χ1) is 8.70. The van der Waals surface area contributed by atoms with E-state index in [4.69, 9.17) is 0 Å². The number of methoxy groups -OCH3 is 1. The Labute approximate surface area is 104 Å². The van der Waals surface area contributed by atoms with Crippen LogP contribution in [0.15, 0.2) is 47.5 Å². The minimum absolute atomic E-state index is 0.250. The maximum Gasteiger partial charge on any atom is 0.338 e. The molecule has 2 aromatic rings. The number of nitrogens with zero attached hydrogens (tertiary/aromatic N) is 2. The van der Waals surface area contributed by atoms with E-state index >= 15 is 0 Å². The van der Waals surface area contributed by atoms with Crippen LogP contribution in [-0.2, 0) is 11.3 Å². The zero-order valence-electron chi connectivity index (χ0n) is 9.87. The van der Waals surface area contributed by atoms with Crippen LogP contribution >= 0.6 is 0 Å². The molecule has 2 rings (SSSR count). The monoisotopic (exact) mass is 244 g/mol. The number of pyridine rings is 2. The summed E-state index contributed by atoms with van der Waals surface area (Å²) in [7, 11) is 1.28. The number of hydrogen-bond acceptors (Lipinski definition) is 4. The lowest BCUT2D eigenvalue weighted by Gasteiger charge is -2.05. The molecule has 2 aromatic heterocycles. The number of esters is 1. The van der Waals surface area contributed by atoms with Gasteiger partial charge in [0, 0.05) is 18.5 Å². The van der Waals surface area contributed by atoms with Gasteiger partial charge in [0.15, 0.2) is 0 Å². The van der Waals surface area contributed by atoms with Crippen LogP contribution in [0.5, 0.6) is 0 Å². The molecule has 0 saturated heterocycles. The van der Waals surface area contributed by atoms with Crippen molar-refractivity contribution in [2.45, 2.75) is 6.54 Å². The second-order valence-electron chi connectivity index (χ2n) is 3.69. The third-order valence-corrected chi connectivity index (χ3v) is 2.48. The second kappa shape index (κ2) is 5.27. The molecule has 0 aliphatic rings. The summed E-state index contributed by atoms with van der Waals surface area (Å²) in [4.78, 5) is 27.2. The first kappa shape index (κ1) is 12.0. The Morgan fingerprint density at radius 3 is 2.83 bits per heavy atom. The van der Waals surface area contributed by atoms with Crippen molar-refractivity contribution >= 4 is 5.97 Å². The molecule has 0 aromatic carbocycles. The van der Waals surface area contributed by atoms with Crippen molar-refractivity contribution in [1.82, 2.24) is 9.55 Å². The molecule has 18 heavy (non-hydrogen) atoms. The maximum atomic E-state index is 11.8. The highest BCUT2D eigenvalue weighted by Gasteiger charge is 2.07. The van der Waals surface area contributed by atoms with Gasteiger partial charge in [-0.2, -0.15) is 0 Å². The highest BCUT2D eigenvalue weighted by Crippen LogP contribution is 2.00. The molecule has 0 aliphatic heterocycles. The average Bonchev–Trinajstić information content (AvgIpc) is 2.41. The van der Waals surface area contributed by atoms with Gasteiger partial charge < -0.3 is 9.30 Å². The van der Waals surface area contributed by atoms with Gasteiger partial charge >= 0.3 is 5.97 Å². The molecular formula is C13H12N2O3. The van der Waals surface area contributed by atoms with Crippen molar-refractivity contribution in [3.8, 4) is 0 Å². The molecule has 0 saturated carbocycles. The molecule has 0 bridgehead atoms. The van der Waals surface area contributed by atoms with Gasteiger partial charge in [0.05, 0.1) is 24.9 Å². The number of aromatic nitrogens is 2. The highest BCUT2D eigenvalue weighted by atomic mass is 16.5. The van der Waals surface area contributed by atoms with Gasteiger partial charge in [0.2, 0.25) is 0 Å². The van der Waals surface area contributed by atoms with Gasteiger partial charge in [0.25, 0.3) is 5.56 Å². The van der Waals surface area contributed by atoms with E-state index < -0.39 is 5.97 Å².